The Balaban J connectivity index is 1.89. The highest BCUT2D eigenvalue weighted by Crippen LogP contribution is 2.35. The Hall–Kier alpha value is -2.38. The van der Waals surface area contributed by atoms with Crippen LogP contribution in [0.1, 0.15) is 24.3 Å². The van der Waals surface area contributed by atoms with Gasteiger partial charge in [0.05, 0.1) is 17.6 Å². The summed E-state index contributed by atoms with van der Waals surface area (Å²) in [6, 6.07) is 6.91. The highest BCUT2D eigenvalue weighted by molar-refractivity contribution is 7.15. The number of methoxy groups -OCH3 is 1. The molecular weight excluding hydrogens is 350 g/mol. The predicted molar refractivity (Wildman–Crippen MR) is 103 cm³/mol. The van der Waals surface area contributed by atoms with Crippen LogP contribution < -0.4 is 4.74 Å². The molecule has 6 nitrogen and oxygen atoms in total. The molecule has 0 fully saturated rings. The van der Waals surface area contributed by atoms with Gasteiger partial charge in [-0.05, 0) is 43.8 Å². The second kappa shape index (κ2) is 7.88. The molecule has 0 unspecified atom stereocenters. The number of phenols is 1. The molecule has 0 atom stereocenters. The molecule has 0 spiro atoms. The topological polar surface area (TPSA) is 71.6 Å². The van der Waals surface area contributed by atoms with Crippen molar-refractivity contribution in [3.05, 3.63) is 34.7 Å². The Morgan fingerprint density at radius 3 is 2.69 bits per heavy atom. The number of rotatable bonds is 7. The first-order valence-electron chi connectivity index (χ1n) is 8.58. The summed E-state index contributed by atoms with van der Waals surface area (Å²) < 4.78 is 10.8. The van der Waals surface area contributed by atoms with E-state index in [9.17, 15) is 5.11 Å². The van der Waals surface area contributed by atoms with Crippen LogP contribution in [0.15, 0.2) is 28.8 Å². The summed E-state index contributed by atoms with van der Waals surface area (Å²) in [7, 11) is 1.54. The van der Waals surface area contributed by atoms with Crippen LogP contribution in [-0.2, 0) is 6.54 Å². The fourth-order valence-electron chi connectivity index (χ4n) is 2.73. The summed E-state index contributed by atoms with van der Waals surface area (Å²) in [5, 5.41) is 13.7. The molecule has 1 aromatic carbocycles. The SMILES string of the molecule is CCN(CC)Cc1sc(-c2nc(-c3ccc(O)cc3OC)no2)cc1C. The zero-order valence-corrected chi connectivity index (χ0v) is 16.3. The molecule has 0 bridgehead atoms. The number of ether oxygens (including phenoxy) is 1. The molecule has 0 radical (unpaired) electrons. The van der Waals surface area contributed by atoms with Gasteiger partial charge in [-0.3, -0.25) is 4.90 Å². The van der Waals surface area contributed by atoms with E-state index in [2.05, 4.69) is 41.9 Å². The van der Waals surface area contributed by atoms with Crippen molar-refractivity contribution >= 4 is 11.3 Å². The predicted octanol–water partition coefficient (Wildman–Crippen LogP) is 4.33. The molecule has 138 valence electrons. The van der Waals surface area contributed by atoms with E-state index < -0.39 is 0 Å². The number of phenolic OH excluding ortho intramolecular Hbond substituents is 1. The average molecular weight is 373 g/mol. The number of hydrogen-bond acceptors (Lipinski definition) is 7. The van der Waals surface area contributed by atoms with Gasteiger partial charge in [0.2, 0.25) is 5.82 Å². The molecule has 0 aliphatic carbocycles. The molecule has 7 heteroatoms. The third-order valence-electron chi connectivity index (χ3n) is 4.35. The van der Waals surface area contributed by atoms with Gasteiger partial charge < -0.3 is 14.4 Å². The molecule has 2 aromatic heterocycles. The Bertz CT molecular complexity index is 884. The Labute approximate surface area is 157 Å². The maximum absolute atomic E-state index is 9.60. The van der Waals surface area contributed by atoms with Crippen LogP contribution in [0.4, 0.5) is 0 Å². The van der Waals surface area contributed by atoms with Crippen LogP contribution in [0.5, 0.6) is 11.5 Å². The van der Waals surface area contributed by atoms with Crippen molar-refractivity contribution in [3.8, 4) is 33.7 Å². The highest BCUT2D eigenvalue weighted by Gasteiger charge is 2.18. The standard InChI is InChI=1S/C19H23N3O3S/c1-5-22(6-2)11-17-12(3)9-16(26-17)19-20-18(21-25-19)14-8-7-13(23)10-15(14)24-4/h7-10,23H,5-6,11H2,1-4H3. The van der Waals surface area contributed by atoms with E-state index >= 15 is 0 Å². The molecule has 0 saturated carbocycles. The van der Waals surface area contributed by atoms with Crippen molar-refractivity contribution in [2.45, 2.75) is 27.3 Å². The number of thiophene rings is 1. The average Bonchev–Trinajstić information content (AvgIpc) is 3.26. The molecule has 3 rings (SSSR count). The summed E-state index contributed by atoms with van der Waals surface area (Å²) in [4.78, 5) is 9.17. The molecule has 0 aliphatic heterocycles. The molecule has 1 N–H and O–H groups in total. The van der Waals surface area contributed by atoms with Gasteiger partial charge >= 0.3 is 0 Å². The number of aromatic nitrogens is 2. The summed E-state index contributed by atoms with van der Waals surface area (Å²) >= 11 is 1.68. The van der Waals surface area contributed by atoms with Crippen LogP contribution >= 0.6 is 11.3 Å². The van der Waals surface area contributed by atoms with Crippen LogP contribution in [0, 0.1) is 6.92 Å². The van der Waals surface area contributed by atoms with Crippen LogP contribution in [0.2, 0.25) is 0 Å². The van der Waals surface area contributed by atoms with Crippen molar-refractivity contribution in [1.82, 2.24) is 15.0 Å². The molecule has 0 saturated heterocycles. The van der Waals surface area contributed by atoms with Crippen LogP contribution in [0.3, 0.4) is 0 Å². The van der Waals surface area contributed by atoms with Crippen molar-refractivity contribution in [2.75, 3.05) is 20.2 Å². The summed E-state index contributed by atoms with van der Waals surface area (Å²) in [5.41, 5.74) is 1.91. The number of aryl methyl sites for hydroxylation is 1. The lowest BCUT2D eigenvalue weighted by Gasteiger charge is -2.17. The Morgan fingerprint density at radius 1 is 1.23 bits per heavy atom. The van der Waals surface area contributed by atoms with E-state index in [-0.39, 0.29) is 5.75 Å². The maximum atomic E-state index is 9.60. The minimum atomic E-state index is 0.129. The van der Waals surface area contributed by atoms with Gasteiger partial charge in [-0.2, -0.15) is 4.98 Å². The zero-order valence-electron chi connectivity index (χ0n) is 15.4. The lowest BCUT2D eigenvalue weighted by molar-refractivity contribution is 0.298. The van der Waals surface area contributed by atoms with Gasteiger partial charge in [-0.1, -0.05) is 19.0 Å². The third-order valence-corrected chi connectivity index (χ3v) is 5.55. The summed E-state index contributed by atoms with van der Waals surface area (Å²) in [5.74, 6) is 1.56. The second-order valence-corrected chi connectivity index (χ2v) is 7.12. The Kier molecular flexibility index (Phi) is 5.58. The smallest absolute Gasteiger partial charge is 0.268 e. The minimum absolute atomic E-state index is 0.129. The number of nitrogens with zero attached hydrogens (tertiary/aromatic N) is 3. The minimum Gasteiger partial charge on any atom is -0.508 e. The van der Waals surface area contributed by atoms with E-state index in [1.165, 1.54) is 16.5 Å². The van der Waals surface area contributed by atoms with Crippen molar-refractivity contribution < 1.29 is 14.4 Å². The molecule has 0 amide bonds. The van der Waals surface area contributed by atoms with E-state index in [1.54, 1.807) is 30.6 Å². The summed E-state index contributed by atoms with van der Waals surface area (Å²) in [6.07, 6.45) is 0. The van der Waals surface area contributed by atoms with Gasteiger partial charge in [0.1, 0.15) is 11.5 Å². The normalized spacial score (nSPS) is 11.3. The third kappa shape index (κ3) is 3.73. The van der Waals surface area contributed by atoms with Gasteiger partial charge in [-0.25, -0.2) is 0 Å². The zero-order chi connectivity index (χ0) is 18.7. The summed E-state index contributed by atoms with van der Waals surface area (Å²) in [6.45, 7) is 9.42. The molecule has 0 aliphatic rings. The first kappa shape index (κ1) is 18.4. The van der Waals surface area contributed by atoms with Crippen molar-refractivity contribution in [2.24, 2.45) is 0 Å². The monoisotopic (exact) mass is 373 g/mol. The van der Waals surface area contributed by atoms with Gasteiger partial charge in [-0.15, -0.1) is 11.3 Å². The molecule has 3 aromatic rings. The van der Waals surface area contributed by atoms with E-state index in [4.69, 9.17) is 9.26 Å². The number of aromatic hydroxyl groups is 1. The maximum Gasteiger partial charge on any atom is 0.268 e. The lowest BCUT2D eigenvalue weighted by Crippen LogP contribution is -2.21. The van der Waals surface area contributed by atoms with Gasteiger partial charge in [0.25, 0.3) is 5.89 Å². The molecule has 2 heterocycles. The van der Waals surface area contributed by atoms with E-state index in [0.717, 1.165) is 24.5 Å². The molecular formula is C19H23N3O3S. The van der Waals surface area contributed by atoms with Crippen molar-refractivity contribution in [1.29, 1.82) is 0 Å². The van der Waals surface area contributed by atoms with E-state index in [1.807, 2.05) is 0 Å². The molecule has 26 heavy (non-hydrogen) atoms. The van der Waals surface area contributed by atoms with Crippen LogP contribution in [-0.4, -0.2) is 40.3 Å². The number of benzene rings is 1. The van der Waals surface area contributed by atoms with Gasteiger partial charge in [0.15, 0.2) is 0 Å². The highest BCUT2D eigenvalue weighted by atomic mass is 32.1. The fraction of sp³-hybridized carbons (Fsp3) is 0.368. The fourth-order valence-corrected chi connectivity index (χ4v) is 3.87. The van der Waals surface area contributed by atoms with E-state index in [0.29, 0.717) is 23.0 Å². The van der Waals surface area contributed by atoms with Crippen molar-refractivity contribution in [3.63, 3.8) is 0 Å². The number of hydrogen-bond donors (Lipinski definition) is 1. The second-order valence-electron chi connectivity index (χ2n) is 5.99. The van der Waals surface area contributed by atoms with Crippen LogP contribution in [0.25, 0.3) is 22.2 Å². The van der Waals surface area contributed by atoms with Gasteiger partial charge in [0, 0.05) is 17.5 Å². The quantitative estimate of drug-likeness (QED) is 0.665. The first-order valence-corrected chi connectivity index (χ1v) is 9.40. The Morgan fingerprint density at radius 2 is 2.00 bits per heavy atom. The first-order chi connectivity index (χ1) is 12.5. The lowest BCUT2D eigenvalue weighted by atomic mass is 10.2. The largest absolute Gasteiger partial charge is 0.508 e.